The third kappa shape index (κ3) is 1.98. The zero-order chi connectivity index (χ0) is 12.4. The first-order valence-corrected chi connectivity index (χ1v) is 6.38. The van der Waals surface area contributed by atoms with Gasteiger partial charge in [0.25, 0.3) is 0 Å². The second kappa shape index (κ2) is 4.80. The van der Waals surface area contributed by atoms with Crippen molar-refractivity contribution in [1.29, 1.82) is 5.26 Å². The molecular weight excluding hydrogens is 222 g/mol. The van der Waals surface area contributed by atoms with Crippen LogP contribution in [-0.2, 0) is 4.74 Å². The second-order valence-electron chi connectivity index (χ2n) is 4.78. The fourth-order valence-corrected chi connectivity index (χ4v) is 2.63. The molecule has 18 heavy (non-hydrogen) atoms. The van der Waals surface area contributed by atoms with Crippen molar-refractivity contribution in [3.05, 3.63) is 48.0 Å². The molecule has 3 rings (SSSR count). The van der Waals surface area contributed by atoms with Crippen molar-refractivity contribution >= 4 is 10.8 Å². The first-order valence-electron chi connectivity index (χ1n) is 6.38. The number of hydrogen-bond donors (Lipinski definition) is 0. The molecule has 0 aliphatic carbocycles. The third-order valence-electron chi connectivity index (χ3n) is 3.59. The van der Waals surface area contributed by atoms with E-state index >= 15 is 0 Å². The average Bonchev–Trinajstić information content (AvgIpc) is 2.46. The molecule has 1 saturated heterocycles. The SMILES string of the molecule is N#CC1CCCOC1c1ccc2ccccc2c1. The Morgan fingerprint density at radius 1 is 1.11 bits per heavy atom. The maximum absolute atomic E-state index is 9.21. The Bertz CT molecular complexity index is 599. The largest absolute Gasteiger partial charge is 0.372 e. The van der Waals surface area contributed by atoms with E-state index in [-0.39, 0.29) is 12.0 Å². The normalized spacial score (nSPS) is 23.7. The summed E-state index contributed by atoms with van der Waals surface area (Å²) in [5.74, 6) is -0.0140. The zero-order valence-corrected chi connectivity index (χ0v) is 10.2. The van der Waals surface area contributed by atoms with E-state index in [0.29, 0.717) is 0 Å². The lowest BCUT2D eigenvalue weighted by Gasteiger charge is -2.27. The molecule has 2 heteroatoms. The Balaban J connectivity index is 2.00. The molecule has 2 aromatic rings. The Hall–Kier alpha value is -1.85. The first-order chi connectivity index (χ1) is 8.88. The first kappa shape index (κ1) is 11.3. The van der Waals surface area contributed by atoms with Crippen molar-refractivity contribution in [2.75, 3.05) is 6.61 Å². The highest BCUT2D eigenvalue weighted by Crippen LogP contribution is 2.34. The monoisotopic (exact) mass is 237 g/mol. The number of benzene rings is 2. The Morgan fingerprint density at radius 3 is 2.78 bits per heavy atom. The van der Waals surface area contributed by atoms with E-state index in [4.69, 9.17) is 4.74 Å². The molecule has 0 amide bonds. The highest BCUT2D eigenvalue weighted by Gasteiger charge is 2.27. The summed E-state index contributed by atoms with van der Waals surface area (Å²) in [6.45, 7) is 0.760. The van der Waals surface area contributed by atoms with Crippen LogP contribution in [0.15, 0.2) is 42.5 Å². The van der Waals surface area contributed by atoms with Crippen LogP contribution in [0.2, 0.25) is 0 Å². The lowest BCUT2D eigenvalue weighted by Crippen LogP contribution is -2.21. The van der Waals surface area contributed by atoms with Crippen LogP contribution in [0, 0.1) is 17.2 Å². The van der Waals surface area contributed by atoms with Gasteiger partial charge >= 0.3 is 0 Å². The quantitative estimate of drug-likeness (QED) is 0.755. The van der Waals surface area contributed by atoms with Gasteiger partial charge in [0.1, 0.15) is 0 Å². The molecule has 2 nitrogen and oxygen atoms in total. The van der Waals surface area contributed by atoms with Gasteiger partial charge in [0, 0.05) is 6.61 Å². The van der Waals surface area contributed by atoms with Crippen LogP contribution >= 0.6 is 0 Å². The van der Waals surface area contributed by atoms with Crippen LogP contribution in [-0.4, -0.2) is 6.61 Å². The lowest BCUT2D eigenvalue weighted by atomic mass is 9.90. The zero-order valence-electron chi connectivity index (χ0n) is 10.2. The lowest BCUT2D eigenvalue weighted by molar-refractivity contribution is -0.0101. The molecular formula is C16H15NO. The fourth-order valence-electron chi connectivity index (χ4n) is 2.63. The average molecular weight is 237 g/mol. The van der Waals surface area contributed by atoms with Crippen molar-refractivity contribution < 1.29 is 4.74 Å². The molecule has 1 fully saturated rings. The number of nitriles is 1. The third-order valence-corrected chi connectivity index (χ3v) is 3.59. The van der Waals surface area contributed by atoms with E-state index in [1.807, 2.05) is 12.1 Å². The molecule has 0 saturated carbocycles. The van der Waals surface area contributed by atoms with Gasteiger partial charge in [-0.3, -0.25) is 0 Å². The van der Waals surface area contributed by atoms with Gasteiger partial charge in [0.05, 0.1) is 18.1 Å². The number of rotatable bonds is 1. The van der Waals surface area contributed by atoms with Gasteiger partial charge in [-0.05, 0) is 35.2 Å². The minimum absolute atomic E-state index is 0.0140. The maximum atomic E-state index is 9.21. The van der Waals surface area contributed by atoms with Crippen LogP contribution in [0.4, 0.5) is 0 Å². The Kier molecular flexibility index (Phi) is 3.00. The summed E-state index contributed by atoms with van der Waals surface area (Å²) >= 11 is 0. The number of hydrogen-bond acceptors (Lipinski definition) is 2. The van der Waals surface area contributed by atoms with Crippen LogP contribution in [0.3, 0.4) is 0 Å². The smallest absolute Gasteiger partial charge is 0.0983 e. The molecule has 0 N–H and O–H groups in total. The fraction of sp³-hybridized carbons (Fsp3) is 0.312. The van der Waals surface area contributed by atoms with E-state index in [2.05, 4.69) is 36.4 Å². The van der Waals surface area contributed by atoms with Gasteiger partial charge in [0.2, 0.25) is 0 Å². The highest BCUT2D eigenvalue weighted by molar-refractivity contribution is 5.83. The predicted octanol–water partition coefficient (Wildman–Crippen LogP) is 3.83. The Labute approximate surface area is 107 Å². The molecule has 1 aliphatic rings. The Morgan fingerprint density at radius 2 is 1.94 bits per heavy atom. The molecule has 0 spiro atoms. The summed E-state index contributed by atoms with van der Waals surface area (Å²) in [6.07, 6.45) is 1.87. The molecule has 2 atom stereocenters. The van der Waals surface area contributed by atoms with Crippen LogP contribution in [0.5, 0.6) is 0 Å². The van der Waals surface area contributed by atoms with E-state index in [9.17, 15) is 5.26 Å². The maximum Gasteiger partial charge on any atom is 0.0983 e. The number of fused-ring (bicyclic) bond motifs is 1. The molecule has 1 aliphatic heterocycles. The van der Waals surface area contributed by atoms with E-state index in [0.717, 1.165) is 25.0 Å². The van der Waals surface area contributed by atoms with Crippen molar-refractivity contribution in [2.45, 2.75) is 18.9 Å². The van der Waals surface area contributed by atoms with E-state index < -0.39 is 0 Å². The van der Waals surface area contributed by atoms with Crippen molar-refractivity contribution in [3.63, 3.8) is 0 Å². The van der Waals surface area contributed by atoms with Gasteiger partial charge < -0.3 is 4.74 Å². The number of ether oxygens (including phenoxy) is 1. The molecule has 0 aromatic heterocycles. The van der Waals surface area contributed by atoms with Gasteiger partial charge in [-0.15, -0.1) is 0 Å². The van der Waals surface area contributed by atoms with Crippen molar-refractivity contribution in [2.24, 2.45) is 5.92 Å². The summed E-state index contributed by atoms with van der Waals surface area (Å²) < 4.78 is 5.79. The predicted molar refractivity (Wildman–Crippen MR) is 71.0 cm³/mol. The van der Waals surface area contributed by atoms with E-state index in [1.54, 1.807) is 0 Å². The standard InChI is InChI=1S/C16H15NO/c17-11-15-6-3-9-18-16(15)14-8-7-12-4-1-2-5-13(12)10-14/h1-2,4-5,7-8,10,15-16H,3,6,9H2. The second-order valence-corrected chi connectivity index (χ2v) is 4.78. The summed E-state index contributed by atoms with van der Waals surface area (Å²) in [4.78, 5) is 0. The van der Waals surface area contributed by atoms with Crippen LogP contribution in [0.1, 0.15) is 24.5 Å². The minimum Gasteiger partial charge on any atom is -0.372 e. The van der Waals surface area contributed by atoms with Gasteiger partial charge in [0.15, 0.2) is 0 Å². The molecule has 0 bridgehead atoms. The van der Waals surface area contributed by atoms with Gasteiger partial charge in [-0.1, -0.05) is 36.4 Å². The van der Waals surface area contributed by atoms with Crippen LogP contribution < -0.4 is 0 Å². The van der Waals surface area contributed by atoms with E-state index in [1.165, 1.54) is 10.8 Å². The topological polar surface area (TPSA) is 33.0 Å². The summed E-state index contributed by atoms with van der Waals surface area (Å²) in [6, 6.07) is 17.0. The highest BCUT2D eigenvalue weighted by atomic mass is 16.5. The molecule has 90 valence electrons. The molecule has 0 radical (unpaired) electrons. The summed E-state index contributed by atoms with van der Waals surface area (Å²) in [7, 11) is 0. The van der Waals surface area contributed by atoms with Crippen molar-refractivity contribution in [1.82, 2.24) is 0 Å². The molecule has 1 heterocycles. The molecule has 2 unspecified atom stereocenters. The summed E-state index contributed by atoms with van der Waals surface area (Å²) in [5, 5.41) is 11.6. The van der Waals surface area contributed by atoms with Gasteiger partial charge in [-0.2, -0.15) is 5.26 Å². The van der Waals surface area contributed by atoms with Gasteiger partial charge in [-0.25, -0.2) is 0 Å². The van der Waals surface area contributed by atoms with Crippen molar-refractivity contribution in [3.8, 4) is 6.07 Å². The number of nitrogens with zero attached hydrogens (tertiary/aromatic N) is 1. The minimum atomic E-state index is -0.0617. The molecule has 2 aromatic carbocycles. The summed E-state index contributed by atoms with van der Waals surface area (Å²) in [5.41, 5.74) is 1.12. The van der Waals surface area contributed by atoms with Crippen LogP contribution in [0.25, 0.3) is 10.8 Å².